The van der Waals surface area contributed by atoms with Crippen molar-refractivity contribution in [2.24, 2.45) is 5.92 Å². The molecule has 2 fully saturated rings. The van der Waals surface area contributed by atoms with E-state index in [1.165, 1.54) is 17.7 Å². The van der Waals surface area contributed by atoms with Gasteiger partial charge in [-0.15, -0.1) is 0 Å². The Morgan fingerprint density at radius 2 is 1.63 bits per heavy atom. The molecule has 0 N–H and O–H groups in total. The van der Waals surface area contributed by atoms with Gasteiger partial charge in [-0.3, -0.25) is 9.80 Å². The highest BCUT2D eigenvalue weighted by atomic mass is 19.1. The van der Waals surface area contributed by atoms with Gasteiger partial charge in [-0.2, -0.15) is 0 Å². The fourth-order valence-electron chi connectivity index (χ4n) is 4.62. The Morgan fingerprint density at radius 3 is 2.22 bits per heavy atom. The summed E-state index contributed by atoms with van der Waals surface area (Å²) in [5.74, 6) is 0.600. The quantitative estimate of drug-likeness (QED) is 0.768. The third kappa shape index (κ3) is 4.02. The molecule has 2 atom stereocenters. The lowest BCUT2D eigenvalue weighted by Gasteiger charge is -2.42. The predicted molar refractivity (Wildman–Crippen MR) is 109 cm³/mol. The Balaban J connectivity index is 1.34. The molecule has 0 bridgehead atoms. The molecule has 2 aromatic carbocycles. The Morgan fingerprint density at radius 1 is 1.00 bits per heavy atom. The number of hydrogen-bond acceptors (Lipinski definition) is 3. The summed E-state index contributed by atoms with van der Waals surface area (Å²) in [6.07, 6.45) is 1.29. The summed E-state index contributed by atoms with van der Waals surface area (Å²) < 4.78 is 13.1. The monoisotopic (exact) mass is 367 g/mol. The summed E-state index contributed by atoms with van der Waals surface area (Å²) in [5, 5.41) is 0. The van der Waals surface area contributed by atoms with Gasteiger partial charge < -0.3 is 4.90 Å². The molecule has 0 spiro atoms. The largest absolute Gasteiger partial charge is 0.373 e. The van der Waals surface area contributed by atoms with Gasteiger partial charge in [0.05, 0.1) is 0 Å². The highest BCUT2D eigenvalue weighted by molar-refractivity contribution is 5.46. The van der Waals surface area contributed by atoms with Gasteiger partial charge in [-0.1, -0.05) is 37.3 Å². The van der Waals surface area contributed by atoms with Gasteiger partial charge in [0.1, 0.15) is 5.82 Å². The fraction of sp³-hybridized carbons (Fsp3) is 0.478. The van der Waals surface area contributed by atoms with Gasteiger partial charge in [-0.05, 0) is 42.2 Å². The summed E-state index contributed by atoms with van der Waals surface area (Å²) >= 11 is 0. The second-order valence-electron chi connectivity index (χ2n) is 8.29. The van der Waals surface area contributed by atoms with Gasteiger partial charge in [0.2, 0.25) is 0 Å². The normalized spacial score (nSPS) is 26.1. The molecule has 1 saturated heterocycles. The zero-order chi connectivity index (χ0) is 18.9. The van der Waals surface area contributed by atoms with Gasteiger partial charge >= 0.3 is 0 Å². The molecular weight excluding hydrogens is 337 g/mol. The molecule has 3 nitrogen and oxygen atoms in total. The number of anilines is 1. The van der Waals surface area contributed by atoms with Gasteiger partial charge in [0.15, 0.2) is 0 Å². The van der Waals surface area contributed by atoms with Gasteiger partial charge in [0, 0.05) is 57.5 Å². The van der Waals surface area contributed by atoms with Crippen LogP contribution in [0.1, 0.15) is 18.9 Å². The predicted octanol–water partition coefficient (Wildman–Crippen LogP) is 3.86. The zero-order valence-corrected chi connectivity index (χ0v) is 16.4. The minimum atomic E-state index is -0.157. The average Bonchev–Trinajstić information content (AvgIpc) is 3.35. The van der Waals surface area contributed by atoms with Crippen LogP contribution in [-0.2, 0) is 6.54 Å². The average molecular weight is 368 g/mol. The number of halogens is 1. The van der Waals surface area contributed by atoms with Crippen LogP contribution < -0.4 is 4.90 Å². The summed E-state index contributed by atoms with van der Waals surface area (Å²) in [6, 6.07) is 17.6. The maximum atomic E-state index is 13.1. The van der Waals surface area contributed by atoms with Gasteiger partial charge in [-0.25, -0.2) is 4.39 Å². The lowest BCUT2D eigenvalue weighted by atomic mass is 10.1. The summed E-state index contributed by atoms with van der Waals surface area (Å²) in [7, 11) is 2.22. The molecule has 1 aliphatic carbocycles. The lowest BCUT2D eigenvalue weighted by Crippen LogP contribution is -2.55. The number of para-hydroxylation sites is 1. The maximum absolute atomic E-state index is 13.1. The molecule has 1 heterocycles. The van der Waals surface area contributed by atoms with E-state index >= 15 is 0 Å². The smallest absolute Gasteiger partial charge is 0.123 e. The lowest BCUT2D eigenvalue weighted by molar-refractivity contribution is 0.0774. The number of nitrogens with zero attached hydrogens (tertiary/aromatic N) is 3. The number of hydrogen-bond donors (Lipinski definition) is 0. The Bertz CT molecular complexity index is 740. The number of benzene rings is 2. The van der Waals surface area contributed by atoms with Crippen molar-refractivity contribution in [3.8, 4) is 0 Å². The van der Waals surface area contributed by atoms with Crippen molar-refractivity contribution >= 4 is 5.69 Å². The first-order valence-corrected chi connectivity index (χ1v) is 10.0. The molecule has 144 valence electrons. The van der Waals surface area contributed by atoms with E-state index < -0.39 is 0 Å². The molecule has 2 aromatic rings. The van der Waals surface area contributed by atoms with Crippen LogP contribution in [0.5, 0.6) is 0 Å². The molecule has 0 radical (unpaired) electrons. The Kier molecular flexibility index (Phi) is 5.20. The number of likely N-dealkylation sites (N-methyl/N-ethyl adjacent to an activating group) is 1. The van der Waals surface area contributed by atoms with Crippen LogP contribution in [0.25, 0.3) is 0 Å². The molecule has 0 amide bonds. The zero-order valence-electron chi connectivity index (χ0n) is 16.4. The van der Waals surface area contributed by atoms with Crippen molar-refractivity contribution in [2.75, 3.05) is 44.7 Å². The molecule has 27 heavy (non-hydrogen) atoms. The minimum absolute atomic E-state index is 0.157. The minimum Gasteiger partial charge on any atom is -0.373 e. The van der Waals surface area contributed by atoms with Crippen LogP contribution in [0, 0.1) is 11.7 Å². The summed E-state index contributed by atoms with van der Waals surface area (Å²) in [4.78, 5) is 7.62. The van der Waals surface area contributed by atoms with Crippen molar-refractivity contribution in [1.29, 1.82) is 0 Å². The van der Waals surface area contributed by atoms with E-state index in [1.54, 1.807) is 12.1 Å². The van der Waals surface area contributed by atoms with E-state index in [4.69, 9.17) is 0 Å². The van der Waals surface area contributed by atoms with E-state index in [2.05, 4.69) is 59.0 Å². The van der Waals surface area contributed by atoms with E-state index in [1.807, 2.05) is 12.1 Å². The number of rotatable bonds is 6. The first kappa shape index (κ1) is 18.5. The second kappa shape index (κ2) is 7.61. The van der Waals surface area contributed by atoms with E-state index in [9.17, 15) is 4.39 Å². The van der Waals surface area contributed by atoms with Crippen molar-refractivity contribution in [3.63, 3.8) is 0 Å². The van der Waals surface area contributed by atoms with Crippen molar-refractivity contribution in [3.05, 3.63) is 66.0 Å². The molecule has 4 heteroatoms. The fourth-order valence-corrected chi connectivity index (χ4v) is 4.62. The van der Waals surface area contributed by atoms with Crippen LogP contribution >= 0.6 is 0 Å². The Hall–Kier alpha value is -1.91. The van der Waals surface area contributed by atoms with Crippen molar-refractivity contribution in [2.45, 2.75) is 25.4 Å². The highest BCUT2D eigenvalue weighted by Crippen LogP contribution is 2.49. The number of piperazine rings is 1. The molecule has 2 aliphatic rings. The molecule has 1 aliphatic heterocycles. The third-order valence-electron chi connectivity index (χ3n) is 6.45. The van der Waals surface area contributed by atoms with E-state index in [0.29, 0.717) is 5.54 Å². The second-order valence-corrected chi connectivity index (χ2v) is 8.29. The topological polar surface area (TPSA) is 9.72 Å². The van der Waals surface area contributed by atoms with Crippen molar-refractivity contribution in [1.82, 2.24) is 9.80 Å². The molecule has 0 aromatic heterocycles. The molecule has 2 unspecified atom stereocenters. The molecule has 1 saturated carbocycles. The van der Waals surface area contributed by atoms with Crippen molar-refractivity contribution < 1.29 is 4.39 Å². The Labute approximate surface area is 162 Å². The first-order valence-electron chi connectivity index (χ1n) is 10.0. The van der Waals surface area contributed by atoms with Crippen LogP contribution in [0.3, 0.4) is 0 Å². The van der Waals surface area contributed by atoms with Crippen LogP contribution in [0.2, 0.25) is 0 Å². The van der Waals surface area contributed by atoms with E-state index in [-0.39, 0.29) is 5.82 Å². The van der Waals surface area contributed by atoms with Gasteiger partial charge in [0.25, 0.3) is 0 Å². The highest BCUT2D eigenvalue weighted by Gasteiger charge is 2.56. The standard InChI is InChI=1S/C23H30FN3/c1-19-16-23(19,18-25(2)22-6-4-3-5-7-22)27-14-12-26(13-15-27)17-20-8-10-21(24)11-9-20/h3-11,19H,12-18H2,1-2H3. The molecular formula is C23H30FN3. The SMILES string of the molecule is CC1CC1(CN(C)c1ccccc1)N1CCN(Cc2ccc(F)cc2)CC1. The van der Waals surface area contributed by atoms with Crippen LogP contribution in [-0.4, -0.2) is 55.1 Å². The summed E-state index contributed by atoms with van der Waals surface area (Å²) in [6.45, 7) is 8.81. The van der Waals surface area contributed by atoms with Crippen LogP contribution in [0.4, 0.5) is 10.1 Å². The van der Waals surface area contributed by atoms with Crippen LogP contribution in [0.15, 0.2) is 54.6 Å². The third-order valence-corrected chi connectivity index (χ3v) is 6.45. The maximum Gasteiger partial charge on any atom is 0.123 e. The first-order chi connectivity index (χ1) is 13.1. The summed E-state index contributed by atoms with van der Waals surface area (Å²) in [5.41, 5.74) is 2.82. The van der Waals surface area contributed by atoms with E-state index in [0.717, 1.165) is 45.2 Å². The molecule has 4 rings (SSSR count).